The lowest BCUT2D eigenvalue weighted by Crippen LogP contribution is -2.06. The highest BCUT2D eigenvalue weighted by atomic mass is 32.9. The van der Waals surface area contributed by atoms with Gasteiger partial charge in [0.2, 0.25) is 0 Å². The zero-order valence-electron chi connectivity index (χ0n) is 8.92. The van der Waals surface area contributed by atoms with Crippen LogP contribution >= 0.6 is 16.8 Å². The lowest BCUT2D eigenvalue weighted by atomic mass is 10.2. The van der Waals surface area contributed by atoms with Crippen molar-refractivity contribution in [2.45, 2.75) is 32.9 Å². The van der Waals surface area contributed by atoms with E-state index in [2.05, 4.69) is 0 Å². The number of hydrogen-bond donors (Lipinski definition) is 0. The molecule has 0 aliphatic heterocycles. The van der Waals surface area contributed by atoms with Crippen molar-refractivity contribution >= 4 is 28.7 Å². The lowest BCUT2D eigenvalue weighted by molar-refractivity contribution is 0.130. The average molecular weight is 262 g/mol. The maximum atomic E-state index is 12.8. The SMILES string of the molecule is CCP(=S)(OCC(C)C)SC(C)(F)F. The summed E-state index contributed by atoms with van der Waals surface area (Å²) in [6.45, 7) is 7.09. The summed E-state index contributed by atoms with van der Waals surface area (Å²) >= 11 is 5.66. The van der Waals surface area contributed by atoms with Gasteiger partial charge in [-0.1, -0.05) is 32.6 Å². The molecule has 0 aromatic heterocycles. The van der Waals surface area contributed by atoms with Crippen LogP contribution in [0.25, 0.3) is 0 Å². The number of halogens is 2. The Morgan fingerprint density at radius 3 is 2.29 bits per heavy atom. The smallest absolute Gasteiger partial charge is 0.297 e. The van der Waals surface area contributed by atoms with Crippen LogP contribution in [-0.4, -0.2) is 18.0 Å². The number of rotatable bonds is 6. The Balaban J connectivity index is 4.27. The van der Waals surface area contributed by atoms with E-state index in [9.17, 15) is 8.78 Å². The quantitative estimate of drug-likeness (QED) is 0.659. The van der Waals surface area contributed by atoms with E-state index < -0.39 is 10.7 Å². The Morgan fingerprint density at radius 2 is 2.00 bits per heavy atom. The molecular formula is C8H17F2OPS2. The predicted molar refractivity (Wildman–Crippen MR) is 63.8 cm³/mol. The van der Waals surface area contributed by atoms with Crippen molar-refractivity contribution in [3.63, 3.8) is 0 Å². The molecule has 1 unspecified atom stereocenters. The van der Waals surface area contributed by atoms with Crippen LogP contribution in [0.1, 0.15) is 27.7 Å². The lowest BCUT2D eigenvalue weighted by Gasteiger charge is -2.24. The molecule has 0 saturated carbocycles. The van der Waals surface area contributed by atoms with Gasteiger partial charge in [-0.25, -0.2) is 0 Å². The second-order valence-corrected chi connectivity index (χ2v) is 11.3. The third kappa shape index (κ3) is 7.16. The molecule has 0 heterocycles. The van der Waals surface area contributed by atoms with Gasteiger partial charge < -0.3 is 4.52 Å². The minimum Gasteiger partial charge on any atom is -0.341 e. The van der Waals surface area contributed by atoms with Crippen molar-refractivity contribution in [3.8, 4) is 0 Å². The van der Waals surface area contributed by atoms with Gasteiger partial charge in [-0.2, -0.15) is 8.78 Å². The summed E-state index contributed by atoms with van der Waals surface area (Å²) in [7, 11) is 0. The number of hydrogen-bond acceptors (Lipinski definition) is 3. The van der Waals surface area contributed by atoms with Crippen molar-refractivity contribution in [3.05, 3.63) is 0 Å². The second-order valence-electron chi connectivity index (χ2n) is 3.52. The highest BCUT2D eigenvalue weighted by Gasteiger charge is 2.32. The fourth-order valence-corrected chi connectivity index (χ4v) is 5.62. The fraction of sp³-hybridized carbons (Fsp3) is 1.00. The monoisotopic (exact) mass is 262 g/mol. The first-order valence-corrected chi connectivity index (χ1v) is 8.83. The van der Waals surface area contributed by atoms with Crippen molar-refractivity contribution in [2.24, 2.45) is 5.92 Å². The molecule has 0 aliphatic rings. The van der Waals surface area contributed by atoms with E-state index in [1.807, 2.05) is 13.8 Å². The zero-order chi connectivity index (χ0) is 11.4. The Labute approximate surface area is 93.8 Å². The number of alkyl halides is 2. The first kappa shape index (κ1) is 14.8. The first-order chi connectivity index (χ1) is 6.18. The molecule has 0 N–H and O–H groups in total. The van der Waals surface area contributed by atoms with E-state index in [0.717, 1.165) is 6.92 Å². The molecule has 0 aromatic carbocycles. The van der Waals surface area contributed by atoms with Gasteiger partial charge in [0.25, 0.3) is 5.25 Å². The van der Waals surface area contributed by atoms with E-state index in [1.54, 1.807) is 6.92 Å². The topological polar surface area (TPSA) is 9.23 Å². The Kier molecular flexibility index (Phi) is 6.12. The normalized spacial score (nSPS) is 17.1. The average Bonchev–Trinajstić information content (AvgIpc) is 1.98. The summed E-state index contributed by atoms with van der Waals surface area (Å²) in [6, 6.07) is 0. The molecule has 0 aromatic rings. The first-order valence-electron chi connectivity index (χ1n) is 4.50. The standard InChI is InChI=1S/C8H17F2OPS2/c1-5-12(13,11-6-7(2)3)14-8(4,9)10/h7H,5-6H2,1-4H3. The van der Waals surface area contributed by atoms with Crippen LogP contribution < -0.4 is 0 Å². The van der Waals surface area contributed by atoms with Crippen LogP contribution in [0.3, 0.4) is 0 Å². The molecule has 0 fully saturated rings. The van der Waals surface area contributed by atoms with Crippen molar-refractivity contribution in [2.75, 3.05) is 12.8 Å². The maximum Gasteiger partial charge on any atom is 0.297 e. The van der Waals surface area contributed by atoms with Crippen LogP contribution in [0, 0.1) is 5.92 Å². The summed E-state index contributed by atoms with van der Waals surface area (Å²) in [6.07, 6.45) is 0.503. The molecule has 0 radical (unpaired) electrons. The molecule has 0 spiro atoms. The third-order valence-corrected chi connectivity index (χ3v) is 7.86. The highest BCUT2D eigenvalue weighted by Crippen LogP contribution is 2.65. The summed E-state index contributed by atoms with van der Waals surface area (Å²) in [5, 5.41) is -2.79. The van der Waals surface area contributed by atoms with Gasteiger partial charge in [-0.15, -0.1) is 0 Å². The molecule has 6 heteroatoms. The van der Waals surface area contributed by atoms with Crippen LogP contribution in [0.5, 0.6) is 0 Å². The molecule has 14 heavy (non-hydrogen) atoms. The van der Waals surface area contributed by atoms with Crippen LogP contribution in [0.4, 0.5) is 8.78 Å². The van der Waals surface area contributed by atoms with Crippen molar-refractivity contribution < 1.29 is 13.3 Å². The van der Waals surface area contributed by atoms with Gasteiger partial charge in [0, 0.05) is 13.1 Å². The molecule has 0 saturated heterocycles. The van der Waals surface area contributed by atoms with Gasteiger partial charge in [-0.3, -0.25) is 0 Å². The fourth-order valence-electron chi connectivity index (χ4n) is 0.689. The molecule has 0 rings (SSSR count). The Hall–Kier alpha value is 0.820. The van der Waals surface area contributed by atoms with Crippen LogP contribution in [-0.2, 0) is 16.3 Å². The van der Waals surface area contributed by atoms with Crippen molar-refractivity contribution in [1.82, 2.24) is 0 Å². The maximum absolute atomic E-state index is 12.8. The third-order valence-electron chi connectivity index (χ3n) is 1.29. The summed E-state index contributed by atoms with van der Waals surface area (Å²) < 4.78 is 31.0. The molecular weight excluding hydrogens is 245 g/mol. The second kappa shape index (κ2) is 5.78. The van der Waals surface area contributed by atoms with E-state index >= 15 is 0 Å². The van der Waals surface area contributed by atoms with E-state index in [0.29, 0.717) is 30.1 Å². The minimum atomic E-state index is -2.79. The van der Waals surface area contributed by atoms with Gasteiger partial charge in [-0.05, 0) is 17.3 Å². The molecule has 0 bridgehead atoms. The van der Waals surface area contributed by atoms with Crippen LogP contribution in [0.15, 0.2) is 0 Å². The van der Waals surface area contributed by atoms with Gasteiger partial charge in [0.1, 0.15) is 5.47 Å². The molecule has 0 aliphatic carbocycles. The molecule has 0 amide bonds. The molecule has 1 atom stereocenters. The van der Waals surface area contributed by atoms with Gasteiger partial charge in [0.05, 0.1) is 6.61 Å². The van der Waals surface area contributed by atoms with Gasteiger partial charge >= 0.3 is 0 Å². The molecule has 86 valence electrons. The Morgan fingerprint density at radius 1 is 1.50 bits per heavy atom. The minimum absolute atomic E-state index is 0.329. The summed E-state index contributed by atoms with van der Waals surface area (Å²) in [5.41, 5.74) is -2.38. The van der Waals surface area contributed by atoms with E-state index in [4.69, 9.17) is 16.3 Å². The Bertz CT molecular complexity index is 216. The van der Waals surface area contributed by atoms with Gasteiger partial charge in [0.15, 0.2) is 0 Å². The van der Waals surface area contributed by atoms with E-state index in [1.165, 1.54) is 0 Å². The van der Waals surface area contributed by atoms with Crippen LogP contribution in [0.2, 0.25) is 0 Å². The highest BCUT2D eigenvalue weighted by molar-refractivity contribution is 8.69. The zero-order valence-corrected chi connectivity index (χ0v) is 11.4. The largest absolute Gasteiger partial charge is 0.341 e. The predicted octanol–water partition coefficient (Wildman–Crippen LogP) is 4.33. The van der Waals surface area contributed by atoms with Crippen molar-refractivity contribution in [1.29, 1.82) is 0 Å². The summed E-state index contributed by atoms with van der Waals surface area (Å²) in [4.78, 5) is 0. The summed E-state index contributed by atoms with van der Waals surface area (Å²) in [5.74, 6) is 0.329. The van der Waals surface area contributed by atoms with E-state index in [-0.39, 0.29) is 0 Å². The molecule has 1 nitrogen and oxygen atoms in total.